The fourth-order valence-corrected chi connectivity index (χ4v) is 3.20. The van der Waals surface area contributed by atoms with E-state index in [1.165, 1.54) is 0 Å². The Morgan fingerprint density at radius 1 is 1.38 bits per heavy atom. The van der Waals surface area contributed by atoms with Crippen molar-refractivity contribution in [2.45, 2.75) is 25.4 Å². The van der Waals surface area contributed by atoms with Crippen molar-refractivity contribution in [3.8, 4) is 0 Å². The van der Waals surface area contributed by atoms with E-state index in [-0.39, 0.29) is 17.4 Å². The van der Waals surface area contributed by atoms with E-state index >= 15 is 0 Å². The van der Waals surface area contributed by atoms with Crippen LogP contribution in [0.15, 0.2) is 0 Å². The van der Waals surface area contributed by atoms with Crippen LogP contribution in [0, 0.1) is 5.92 Å². The Bertz CT molecular complexity index is 236. The number of aliphatic hydroxyl groups excluding tert-OH is 1. The number of alkyl halides is 1. The van der Waals surface area contributed by atoms with Gasteiger partial charge in [0, 0.05) is 0 Å². The van der Waals surface area contributed by atoms with Crippen LogP contribution in [0.3, 0.4) is 0 Å². The quantitative estimate of drug-likeness (QED) is 0.739. The molecule has 0 radical (unpaired) electrons. The van der Waals surface area contributed by atoms with Gasteiger partial charge in [0.25, 0.3) is 0 Å². The van der Waals surface area contributed by atoms with Crippen LogP contribution >= 0.6 is 0 Å². The maximum Gasteiger partial charge on any atom is 0.150 e. The molecular formula is C8H15FO3S. The number of hydrogen-bond donors (Lipinski definition) is 1. The third-order valence-corrected chi connectivity index (χ3v) is 4.18. The summed E-state index contributed by atoms with van der Waals surface area (Å²) >= 11 is 0. The SMILES string of the molecule is O=S1(=O)CCC(CC(F)CO)CC1. The summed E-state index contributed by atoms with van der Waals surface area (Å²) < 4.78 is 34.7. The van der Waals surface area contributed by atoms with E-state index in [2.05, 4.69) is 0 Å². The third-order valence-electron chi connectivity index (χ3n) is 2.46. The van der Waals surface area contributed by atoms with Gasteiger partial charge in [0.15, 0.2) is 0 Å². The number of hydrogen-bond acceptors (Lipinski definition) is 3. The standard InChI is InChI=1S/C8H15FO3S/c9-8(6-10)5-7-1-3-13(11,12)4-2-7/h7-8,10H,1-6H2. The van der Waals surface area contributed by atoms with Crippen LogP contribution in [0.25, 0.3) is 0 Å². The summed E-state index contributed by atoms with van der Waals surface area (Å²) in [7, 11) is -2.84. The first-order valence-electron chi connectivity index (χ1n) is 4.49. The van der Waals surface area contributed by atoms with E-state index in [0.29, 0.717) is 19.3 Å². The summed E-state index contributed by atoms with van der Waals surface area (Å²) in [4.78, 5) is 0. The van der Waals surface area contributed by atoms with Crippen LogP contribution in [0.5, 0.6) is 0 Å². The summed E-state index contributed by atoms with van der Waals surface area (Å²) in [6, 6.07) is 0. The summed E-state index contributed by atoms with van der Waals surface area (Å²) in [6.45, 7) is -0.455. The van der Waals surface area contributed by atoms with E-state index in [0.717, 1.165) is 0 Å². The molecule has 0 aliphatic carbocycles. The average Bonchev–Trinajstić information content (AvgIpc) is 2.08. The van der Waals surface area contributed by atoms with Gasteiger partial charge in [-0.3, -0.25) is 0 Å². The molecule has 3 nitrogen and oxygen atoms in total. The zero-order valence-electron chi connectivity index (χ0n) is 7.45. The number of sulfone groups is 1. The second kappa shape index (κ2) is 4.37. The Hall–Kier alpha value is -0.160. The van der Waals surface area contributed by atoms with Crippen molar-refractivity contribution in [3.05, 3.63) is 0 Å². The molecule has 0 spiro atoms. The minimum atomic E-state index is -2.84. The molecule has 0 saturated carbocycles. The molecule has 1 N–H and O–H groups in total. The van der Waals surface area contributed by atoms with Crippen molar-refractivity contribution in [1.82, 2.24) is 0 Å². The third kappa shape index (κ3) is 3.60. The summed E-state index contributed by atoms with van der Waals surface area (Å²) in [5, 5.41) is 8.47. The highest BCUT2D eigenvalue weighted by atomic mass is 32.2. The van der Waals surface area contributed by atoms with Gasteiger partial charge in [-0.2, -0.15) is 0 Å². The van der Waals surface area contributed by atoms with Crippen molar-refractivity contribution in [2.75, 3.05) is 18.1 Å². The van der Waals surface area contributed by atoms with Crippen LogP contribution in [0.2, 0.25) is 0 Å². The molecule has 1 aliphatic heterocycles. The van der Waals surface area contributed by atoms with E-state index in [1.807, 2.05) is 0 Å². The van der Waals surface area contributed by atoms with Gasteiger partial charge in [0.05, 0.1) is 18.1 Å². The smallest absolute Gasteiger partial charge is 0.150 e. The van der Waals surface area contributed by atoms with Gasteiger partial charge in [-0.05, 0) is 25.2 Å². The summed E-state index contributed by atoms with van der Waals surface area (Å²) in [6.07, 6.45) is 0.197. The van der Waals surface area contributed by atoms with Crippen molar-refractivity contribution in [1.29, 1.82) is 0 Å². The van der Waals surface area contributed by atoms with E-state index in [1.54, 1.807) is 0 Å². The van der Waals surface area contributed by atoms with Gasteiger partial charge in [-0.1, -0.05) is 0 Å². The van der Waals surface area contributed by atoms with Crippen molar-refractivity contribution < 1.29 is 17.9 Å². The Kier molecular flexibility index (Phi) is 3.67. The van der Waals surface area contributed by atoms with E-state index in [9.17, 15) is 12.8 Å². The van der Waals surface area contributed by atoms with Gasteiger partial charge in [-0.25, -0.2) is 12.8 Å². The molecule has 0 aromatic heterocycles. The van der Waals surface area contributed by atoms with Crippen LogP contribution in [0.4, 0.5) is 4.39 Å². The first-order chi connectivity index (χ1) is 6.03. The van der Waals surface area contributed by atoms with Crippen LogP contribution in [-0.4, -0.2) is 37.8 Å². The molecule has 1 rings (SSSR count). The lowest BCUT2D eigenvalue weighted by Crippen LogP contribution is -2.25. The largest absolute Gasteiger partial charge is 0.393 e. The Morgan fingerprint density at radius 2 is 1.92 bits per heavy atom. The maximum atomic E-state index is 12.7. The molecule has 5 heteroatoms. The molecule has 1 unspecified atom stereocenters. The molecule has 0 bridgehead atoms. The fraction of sp³-hybridized carbons (Fsp3) is 1.00. The minimum absolute atomic E-state index is 0.130. The predicted molar refractivity (Wildman–Crippen MR) is 48.0 cm³/mol. The lowest BCUT2D eigenvalue weighted by atomic mass is 9.96. The zero-order chi connectivity index (χ0) is 9.90. The Balaban J connectivity index is 2.33. The average molecular weight is 210 g/mol. The molecule has 0 aromatic carbocycles. The Morgan fingerprint density at radius 3 is 2.38 bits per heavy atom. The van der Waals surface area contributed by atoms with E-state index < -0.39 is 22.6 Å². The first-order valence-corrected chi connectivity index (χ1v) is 6.31. The van der Waals surface area contributed by atoms with Crippen LogP contribution in [0.1, 0.15) is 19.3 Å². The maximum absolute atomic E-state index is 12.7. The molecule has 1 aliphatic rings. The summed E-state index contributed by atoms with van der Waals surface area (Å²) in [5.41, 5.74) is 0. The molecule has 0 aromatic rings. The minimum Gasteiger partial charge on any atom is -0.393 e. The van der Waals surface area contributed by atoms with Crippen LogP contribution in [-0.2, 0) is 9.84 Å². The monoisotopic (exact) mass is 210 g/mol. The highest BCUT2D eigenvalue weighted by Gasteiger charge is 2.25. The zero-order valence-corrected chi connectivity index (χ0v) is 8.26. The summed E-state index contributed by atoms with van der Waals surface area (Å²) in [5.74, 6) is 0.483. The molecule has 1 heterocycles. The second-order valence-corrected chi connectivity index (χ2v) is 5.91. The van der Waals surface area contributed by atoms with Gasteiger partial charge in [0.2, 0.25) is 0 Å². The molecule has 0 amide bonds. The second-order valence-electron chi connectivity index (χ2n) is 3.61. The highest BCUT2D eigenvalue weighted by Crippen LogP contribution is 2.23. The highest BCUT2D eigenvalue weighted by molar-refractivity contribution is 7.91. The normalized spacial score (nSPS) is 25.7. The van der Waals surface area contributed by atoms with Gasteiger partial charge in [-0.15, -0.1) is 0 Å². The van der Waals surface area contributed by atoms with Crippen LogP contribution < -0.4 is 0 Å². The number of rotatable bonds is 3. The van der Waals surface area contributed by atoms with Gasteiger partial charge in [0.1, 0.15) is 16.0 Å². The lowest BCUT2D eigenvalue weighted by Gasteiger charge is -2.22. The van der Waals surface area contributed by atoms with Gasteiger partial charge < -0.3 is 5.11 Å². The first kappa shape index (κ1) is 10.9. The molecule has 1 fully saturated rings. The molecule has 13 heavy (non-hydrogen) atoms. The molecule has 1 saturated heterocycles. The van der Waals surface area contributed by atoms with Crippen molar-refractivity contribution in [2.24, 2.45) is 5.92 Å². The molecule has 1 atom stereocenters. The number of halogens is 1. The Labute approximate surface area is 77.9 Å². The van der Waals surface area contributed by atoms with Crippen molar-refractivity contribution >= 4 is 9.84 Å². The fourth-order valence-electron chi connectivity index (χ4n) is 1.61. The lowest BCUT2D eigenvalue weighted by molar-refractivity contribution is 0.150. The predicted octanol–water partition coefficient (Wildman–Crippen LogP) is 0.532. The number of aliphatic hydroxyl groups is 1. The van der Waals surface area contributed by atoms with Gasteiger partial charge >= 0.3 is 0 Å². The topological polar surface area (TPSA) is 54.4 Å². The van der Waals surface area contributed by atoms with Crippen molar-refractivity contribution in [3.63, 3.8) is 0 Å². The molecule has 78 valence electrons. The molecular weight excluding hydrogens is 195 g/mol. The van der Waals surface area contributed by atoms with E-state index in [4.69, 9.17) is 5.11 Å².